The highest BCUT2D eigenvalue weighted by molar-refractivity contribution is 5.94. The van der Waals surface area contributed by atoms with Crippen LogP contribution < -0.4 is 10.1 Å². The van der Waals surface area contributed by atoms with E-state index >= 15 is 0 Å². The van der Waals surface area contributed by atoms with Gasteiger partial charge in [-0.2, -0.15) is 0 Å². The van der Waals surface area contributed by atoms with Gasteiger partial charge in [0.15, 0.2) is 0 Å². The summed E-state index contributed by atoms with van der Waals surface area (Å²) in [5.41, 5.74) is 2.44. The smallest absolute Gasteiger partial charge is 0.251 e. The monoisotopic (exact) mass is 371 g/mol. The number of benzene rings is 1. The Morgan fingerprint density at radius 3 is 2.56 bits per heavy atom. The molecule has 1 aromatic carbocycles. The zero-order chi connectivity index (χ0) is 19.2. The molecular weight excluding hydrogens is 342 g/mol. The Bertz CT molecular complexity index is 729. The van der Waals surface area contributed by atoms with E-state index in [1.54, 1.807) is 12.1 Å². The Morgan fingerprint density at radius 2 is 1.93 bits per heavy atom. The molecule has 1 N–H and O–H groups in total. The molecule has 0 bridgehead atoms. The van der Waals surface area contributed by atoms with E-state index in [2.05, 4.69) is 22.3 Å². The van der Waals surface area contributed by atoms with Gasteiger partial charge in [-0.15, -0.1) is 0 Å². The SMILES string of the molecule is Cc1noc(C)c1COc1ccc(C(=O)NC(C)CN2CCCCC2)cc1. The molecule has 2 aromatic rings. The second-order valence-electron chi connectivity index (χ2n) is 7.35. The Labute approximate surface area is 160 Å². The minimum Gasteiger partial charge on any atom is -0.489 e. The third kappa shape index (κ3) is 5.32. The second-order valence-corrected chi connectivity index (χ2v) is 7.35. The second kappa shape index (κ2) is 9.04. The fourth-order valence-corrected chi connectivity index (χ4v) is 3.45. The summed E-state index contributed by atoms with van der Waals surface area (Å²) >= 11 is 0. The van der Waals surface area contributed by atoms with Crippen molar-refractivity contribution >= 4 is 5.91 Å². The fraction of sp³-hybridized carbons (Fsp3) is 0.524. The summed E-state index contributed by atoms with van der Waals surface area (Å²) in [7, 11) is 0. The average Bonchev–Trinajstić information content (AvgIpc) is 2.99. The maximum Gasteiger partial charge on any atom is 0.251 e. The molecule has 6 heteroatoms. The molecule has 2 heterocycles. The predicted octanol–water partition coefficient (Wildman–Crippen LogP) is 3.47. The molecule has 27 heavy (non-hydrogen) atoms. The summed E-state index contributed by atoms with van der Waals surface area (Å²) in [4.78, 5) is 14.9. The van der Waals surface area contributed by atoms with Crippen molar-refractivity contribution in [2.24, 2.45) is 0 Å². The highest BCUT2D eigenvalue weighted by Crippen LogP contribution is 2.18. The summed E-state index contributed by atoms with van der Waals surface area (Å²) in [5, 5.41) is 7.01. The number of likely N-dealkylation sites (tertiary alicyclic amines) is 1. The van der Waals surface area contributed by atoms with E-state index < -0.39 is 0 Å². The maximum atomic E-state index is 12.5. The highest BCUT2D eigenvalue weighted by Gasteiger charge is 2.16. The predicted molar refractivity (Wildman–Crippen MR) is 104 cm³/mol. The molecule has 1 aliphatic heterocycles. The lowest BCUT2D eigenvalue weighted by Gasteiger charge is -2.29. The van der Waals surface area contributed by atoms with Crippen LogP contribution in [0.15, 0.2) is 28.8 Å². The molecule has 0 saturated carbocycles. The zero-order valence-corrected chi connectivity index (χ0v) is 16.5. The Kier molecular flexibility index (Phi) is 6.50. The third-order valence-corrected chi connectivity index (χ3v) is 5.04. The molecular formula is C21H29N3O3. The summed E-state index contributed by atoms with van der Waals surface area (Å²) in [5.74, 6) is 1.44. The number of rotatable bonds is 7. The van der Waals surface area contributed by atoms with Gasteiger partial charge >= 0.3 is 0 Å². The number of carbonyl (C=O) groups excluding carboxylic acids is 1. The Morgan fingerprint density at radius 1 is 1.22 bits per heavy atom. The van der Waals surface area contributed by atoms with E-state index in [9.17, 15) is 4.79 Å². The highest BCUT2D eigenvalue weighted by atomic mass is 16.5. The first kappa shape index (κ1) is 19.4. The van der Waals surface area contributed by atoms with Crippen LogP contribution in [0.4, 0.5) is 0 Å². The lowest BCUT2D eigenvalue weighted by molar-refractivity contribution is 0.0925. The Balaban J connectivity index is 1.49. The van der Waals surface area contributed by atoms with Crippen LogP contribution in [0.5, 0.6) is 5.75 Å². The number of nitrogens with zero attached hydrogens (tertiary/aromatic N) is 2. The van der Waals surface area contributed by atoms with Crippen molar-refractivity contribution in [2.45, 2.75) is 52.7 Å². The number of aryl methyl sites for hydroxylation is 2. The number of nitrogens with one attached hydrogen (secondary N) is 1. The number of ether oxygens (including phenoxy) is 1. The summed E-state index contributed by atoms with van der Waals surface area (Å²) in [6.45, 7) is 9.41. The van der Waals surface area contributed by atoms with Gasteiger partial charge in [-0.05, 0) is 71.0 Å². The van der Waals surface area contributed by atoms with Gasteiger partial charge in [0, 0.05) is 18.2 Å². The van der Waals surface area contributed by atoms with Crippen LogP contribution in [0, 0.1) is 13.8 Å². The molecule has 1 unspecified atom stereocenters. The normalized spacial score (nSPS) is 16.1. The van der Waals surface area contributed by atoms with Crippen LogP contribution >= 0.6 is 0 Å². The molecule has 1 amide bonds. The van der Waals surface area contributed by atoms with E-state index in [0.717, 1.165) is 36.7 Å². The van der Waals surface area contributed by atoms with Crippen LogP contribution in [0.2, 0.25) is 0 Å². The van der Waals surface area contributed by atoms with Crippen LogP contribution in [-0.4, -0.2) is 41.6 Å². The van der Waals surface area contributed by atoms with Crippen molar-refractivity contribution in [3.63, 3.8) is 0 Å². The van der Waals surface area contributed by atoms with Gasteiger partial charge in [-0.25, -0.2) is 0 Å². The third-order valence-electron chi connectivity index (χ3n) is 5.04. The first-order valence-corrected chi connectivity index (χ1v) is 9.71. The summed E-state index contributed by atoms with van der Waals surface area (Å²) in [6.07, 6.45) is 3.84. The minimum atomic E-state index is -0.0446. The van der Waals surface area contributed by atoms with Gasteiger partial charge in [0.05, 0.1) is 11.3 Å². The van der Waals surface area contributed by atoms with E-state index in [-0.39, 0.29) is 11.9 Å². The molecule has 146 valence electrons. The number of piperidine rings is 1. The number of hydrogen-bond acceptors (Lipinski definition) is 5. The fourth-order valence-electron chi connectivity index (χ4n) is 3.45. The molecule has 1 atom stereocenters. The van der Waals surface area contributed by atoms with Gasteiger partial charge in [0.1, 0.15) is 18.1 Å². The molecule has 0 aliphatic carbocycles. The van der Waals surface area contributed by atoms with Crippen molar-refractivity contribution in [1.29, 1.82) is 0 Å². The van der Waals surface area contributed by atoms with E-state index in [1.807, 2.05) is 26.0 Å². The average molecular weight is 371 g/mol. The topological polar surface area (TPSA) is 67.6 Å². The number of amides is 1. The van der Waals surface area contributed by atoms with Gasteiger partial charge in [0.2, 0.25) is 0 Å². The van der Waals surface area contributed by atoms with Crippen molar-refractivity contribution in [3.8, 4) is 5.75 Å². The number of carbonyl (C=O) groups is 1. The largest absolute Gasteiger partial charge is 0.489 e. The van der Waals surface area contributed by atoms with Crippen LogP contribution in [0.25, 0.3) is 0 Å². The quantitative estimate of drug-likeness (QED) is 0.807. The minimum absolute atomic E-state index is 0.0446. The molecule has 1 saturated heterocycles. The molecule has 3 rings (SSSR count). The van der Waals surface area contributed by atoms with Crippen LogP contribution in [0.3, 0.4) is 0 Å². The standard InChI is InChI=1S/C21H29N3O3/c1-15(13-24-11-5-4-6-12-24)22-21(25)18-7-9-19(10-8-18)26-14-20-16(2)23-27-17(20)3/h7-10,15H,4-6,11-14H2,1-3H3,(H,22,25). The molecule has 0 radical (unpaired) electrons. The van der Waals surface area contributed by atoms with E-state index in [4.69, 9.17) is 9.26 Å². The molecule has 0 spiro atoms. The van der Waals surface area contributed by atoms with Gasteiger partial charge in [0.25, 0.3) is 5.91 Å². The Hall–Kier alpha value is -2.34. The van der Waals surface area contributed by atoms with E-state index in [0.29, 0.717) is 17.9 Å². The van der Waals surface area contributed by atoms with Crippen molar-refractivity contribution < 1.29 is 14.1 Å². The van der Waals surface area contributed by atoms with Gasteiger partial charge in [-0.1, -0.05) is 11.6 Å². The lowest BCUT2D eigenvalue weighted by Crippen LogP contribution is -2.43. The molecule has 1 aliphatic rings. The number of hydrogen-bond donors (Lipinski definition) is 1. The molecule has 6 nitrogen and oxygen atoms in total. The van der Waals surface area contributed by atoms with Gasteiger partial charge in [-0.3, -0.25) is 4.79 Å². The van der Waals surface area contributed by atoms with Crippen molar-refractivity contribution in [3.05, 3.63) is 46.8 Å². The zero-order valence-electron chi connectivity index (χ0n) is 16.5. The van der Waals surface area contributed by atoms with Crippen LogP contribution in [0.1, 0.15) is 53.6 Å². The lowest BCUT2D eigenvalue weighted by atomic mass is 10.1. The van der Waals surface area contributed by atoms with Crippen LogP contribution in [-0.2, 0) is 6.61 Å². The maximum absolute atomic E-state index is 12.5. The summed E-state index contributed by atoms with van der Waals surface area (Å²) < 4.78 is 10.9. The van der Waals surface area contributed by atoms with Crippen molar-refractivity contribution in [1.82, 2.24) is 15.4 Å². The molecule has 1 fully saturated rings. The number of aromatic nitrogens is 1. The first-order valence-electron chi connectivity index (χ1n) is 9.71. The first-order chi connectivity index (χ1) is 13.0. The van der Waals surface area contributed by atoms with Crippen molar-refractivity contribution in [2.75, 3.05) is 19.6 Å². The van der Waals surface area contributed by atoms with Gasteiger partial charge < -0.3 is 19.5 Å². The summed E-state index contributed by atoms with van der Waals surface area (Å²) in [6, 6.07) is 7.37. The molecule has 1 aromatic heterocycles. The van der Waals surface area contributed by atoms with E-state index in [1.165, 1.54) is 19.3 Å².